The number of rotatable bonds is 4. The van der Waals surface area contributed by atoms with Gasteiger partial charge in [0.2, 0.25) is 0 Å². The van der Waals surface area contributed by atoms with Crippen LogP contribution in [0.5, 0.6) is 0 Å². The first-order valence-electron chi connectivity index (χ1n) is 6.41. The number of nitrogens with zero attached hydrogens (tertiary/aromatic N) is 2. The molecule has 3 nitrogen and oxygen atoms in total. The molecule has 19 heavy (non-hydrogen) atoms. The maximum absolute atomic E-state index is 13.4. The molecular weight excluding hydrogens is 241 g/mol. The van der Waals surface area contributed by atoms with Crippen LogP contribution in [0.4, 0.5) is 4.39 Å². The van der Waals surface area contributed by atoms with E-state index >= 15 is 0 Å². The fourth-order valence-corrected chi connectivity index (χ4v) is 2.25. The van der Waals surface area contributed by atoms with Gasteiger partial charge in [-0.2, -0.15) is 10.2 Å². The molecule has 2 rings (SSSR count). The molecule has 4 heteroatoms. The van der Waals surface area contributed by atoms with Crippen LogP contribution >= 0.6 is 0 Å². The van der Waals surface area contributed by atoms with Gasteiger partial charge in [-0.15, -0.1) is 0 Å². The highest BCUT2D eigenvalue weighted by Crippen LogP contribution is 2.25. The first kappa shape index (κ1) is 13.6. The van der Waals surface area contributed by atoms with Crippen LogP contribution in [0.2, 0.25) is 0 Å². The first-order valence-corrected chi connectivity index (χ1v) is 6.41. The number of hydrogen-bond donors (Lipinski definition) is 1. The molecule has 1 aromatic heterocycles. The minimum absolute atomic E-state index is 0.0696. The average Bonchev–Trinajstić information content (AvgIpc) is 2.40. The second-order valence-electron chi connectivity index (χ2n) is 4.52. The molecule has 0 aliphatic carbocycles. The zero-order chi connectivity index (χ0) is 13.8. The van der Waals surface area contributed by atoms with Gasteiger partial charge in [0.15, 0.2) is 0 Å². The molecule has 0 saturated carbocycles. The second kappa shape index (κ2) is 5.89. The van der Waals surface area contributed by atoms with Crippen molar-refractivity contribution in [3.63, 3.8) is 0 Å². The first-order chi connectivity index (χ1) is 9.15. The Hall–Kier alpha value is -1.81. The van der Waals surface area contributed by atoms with E-state index in [0.717, 1.165) is 28.9 Å². The van der Waals surface area contributed by atoms with Crippen molar-refractivity contribution < 1.29 is 4.39 Å². The SMILES string of the molecule is CCc1nnc(C)cc1C(NC)c1cccc(F)c1. The van der Waals surface area contributed by atoms with Crippen molar-refractivity contribution in [3.8, 4) is 0 Å². The number of halogens is 1. The highest BCUT2D eigenvalue weighted by atomic mass is 19.1. The number of nitrogens with one attached hydrogen (secondary N) is 1. The Kier molecular flexibility index (Phi) is 4.22. The summed E-state index contributed by atoms with van der Waals surface area (Å²) in [5.41, 5.74) is 3.76. The summed E-state index contributed by atoms with van der Waals surface area (Å²) >= 11 is 0. The van der Waals surface area contributed by atoms with E-state index in [1.165, 1.54) is 6.07 Å². The monoisotopic (exact) mass is 259 g/mol. The lowest BCUT2D eigenvalue weighted by Gasteiger charge is -2.19. The minimum Gasteiger partial charge on any atom is -0.309 e. The summed E-state index contributed by atoms with van der Waals surface area (Å²) in [6.45, 7) is 3.95. The molecule has 1 N–H and O–H groups in total. The fourth-order valence-electron chi connectivity index (χ4n) is 2.25. The van der Waals surface area contributed by atoms with Crippen LogP contribution in [-0.2, 0) is 6.42 Å². The Morgan fingerprint density at radius 1 is 1.26 bits per heavy atom. The lowest BCUT2D eigenvalue weighted by atomic mass is 9.96. The third-order valence-corrected chi connectivity index (χ3v) is 3.14. The predicted molar refractivity (Wildman–Crippen MR) is 73.4 cm³/mol. The van der Waals surface area contributed by atoms with Crippen molar-refractivity contribution in [3.05, 3.63) is 58.7 Å². The lowest BCUT2D eigenvalue weighted by molar-refractivity contribution is 0.614. The van der Waals surface area contributed by atoms with Gasteiger partial charge in [-0.3, -0.25) is 0 Å². The standard InChI is InChI=1S/C15H18FN3/c1-4-14-13(8-10(2)18-19-14)15(17-3)11-6-5-7-12(16)9-11/h5-9,15,17H,4H2,1-3H3. The van der Waals surface area contributed by atoms with Crippen molar-refractivity contribution in [1.82, 2.24) is 15.5 Å². The van der Waals surface area contributed by atoms with Gasteiger partial charge < -0.3 is 5.32 Å². The maximum Gasteiger partial charge on any atom is 0.123 e. The number of aryl methyl sites for hydroxylation is 2. The summed E-state index contributed by atoms with van der Waals surface area (Å²) in [7, 11) is 1.87. The van der Waals surface area contributed by atoms with Crippen LogP contribution in [0, 0.1) is 12.7 Å². The fraction of sp³-hybridized carbons (Fsp3) is 0.333. The van der Waals surface area contributed by atoms with Crippen molar-refractivity contribution in [1.29, 1.82) is 0 Å². The quantitative estimate of drug-likeness (QED) is 0.917. The van der Waals surface area contributed by atoms with Gasteiger partial charge >= 0.3 is 0 Å². The molecule has 1 unspecified atom stereocenters. The normalized spacial score (nSPS) is 12.4. The van der Waals surface area contributed by atoms with Crippen molar-refractivity contribution in [2.45, 2.75) is 26.3 Å². The second-order valence-corrected chi connectivity index (χ2v) is 4.52. The Morgan fingerprint density at radius 2 is 2.05 bits per heavy atom. The Labute approximate surface area is 112 Å². The zero-order valence-electron chi connectivity index (χ0n) is 11.4. The van der Waals surface area contributed by atoms with E-state index in [1.807, 2.05) is 33.0 Å². The van der Waals surface area contributed by atoms with Crippen LogP contribution in [0.3, 0.4) is 0 Å². The highest BCUT2D eigenvalue weighted by molar-refractivity contribution is 5.34. The molecule has 1 heterocycles. The van der Waals surface area contributed by atoms with Gasteiger partial charge in [-0.05, 0) is 49.7 Å². The van der Waals surface area contributed by atoms with E-state index in [1.54, 1.807) is 12.1 Å². The summed E-state index contributed by atoms with van der Waals surface area (Å²) in [5, 5.41) is 11.5. The molecule has 1 atom stereocenters. The highest BCUT2D eigenvalue weighted by Gasteiger charge is 2.17. The number of benzene rings is 1. The van der Waals surface area contributed by atoms with Crippen LogP contribution in [0.15, 0.2) is 30.3 Å². The van der Waals surface area contributed by atoms with Gasteiger partial charge in [0.05, 0.1) is 17.4 Å². The van der Waals surface area contributed by atoms with E-state index in [0.29, 0.717) is 0 Å². The number of aromatic nitrogens is 2. The molecule has 2 aromatic rings. The molecule has 0 spiro atoms. The molecule has 0 radical (unpaired) electrons. The van der Waals surface area contributed by atoms with Gasteiger partial charge in [0.1, 0.15) is 5.82 Å². The maximum atomic E-state index is 13.4. The summed E-state index contributed by atoms with van der Waals surface area (Å²) in [6.07, 6.45) is 0.802. The molecule has 0 saturated heterocycles. The van der Waals surface area contributed by atoms with Crippen molar-refractivity contribution in [2.24, 2.45) is 0 Å². The van der Waals surface area contributed by atoms with Crippen LogP contribution in [0.1, 0.15) is 35.5 Å². The molecule has 100 valence electrons. The van der Waals surface area contributed by atoms with Gasteiger partial charge in [-0.1, -0.05) is 19.1 Å². The minimum atomic E-state index is -0.227. The Morgan fingerprint density at radius 3 is 2.68 bits per heavy atom. The average molecular weight is 259 g/mol. The zero-order valence-corrected chi connectivity index (χ0v) is 11.4. The van der Waals surface area contributed by atoms with Crippen molar-refractivity contribution >= 4 is 0 Å². The third-order valence-electron chi connectivity index (χ3n) is 3.14. The Balaban J connectivity index is 2.50. The molecular formula is C15H18FN3. The van der Waals surface area contributed by atoms with Crippen LogP contribution in [-0.4, -0.2) is 17.2 Å². The topological polar surface area (TPSA) is 37.8 Å². The van der Waals surface area contributed by atoms with E-state index < -0.39 is 0 Å². The molecule has 0 fully saturated rings. The molecule has 0 aliphatic rings. The van der Waals surface area contributed by atoms with Crippen molar-refractivity contribution in [2.75, 3.05) is 7.05 Å². The smallest absolute Gasteiger partial charge is 0.123 e. The van der Waals surface area contributed by atoms with E-state index in [4.69, 9.17) is 0 Å². The summed E-state index contributed by atoms with van der Waals surface area (Å²) < 4.78 is 13.4. The van der Waals surface area contributed by atoms with Crippen LogP contribution < -0.4 is 5.32 Å². The summed E-state index contributed by atoms with van der Waals surface area (Å²) in [5.74, 6) is -0.227. The Bertz CT molecular complexity index is 569. The third kappa shape index (κ3) is 2.96. The van der Waals surface area contributed by atoms with Gasteiger partial charge in [0.25, 0.3) is 0 Å². The molecule has 1 aromatic carbocycles. The summed E-state index contributed by atoms with van der Waals surface area (Å²) in [4.78, 5) is 0. The molecule has 0 bridgehead atoms. The van der Waals surface area contributed by atoms with Gasteiger partial charge in [-0.25, -0.2) is 4.39 Å². The van der Waals surface area contributed by atoms with E-state index in [2.05, 4.69) is 15.5 Å². The van der Waals surface area contributed by atoms with E-state index in [9.17, 15) is 4.39 Å². The van der Waals surface area contributed by atoms with Gasteiger partial charge in [0, 0.05) is 0 Å². The largest absolute Gasteiger partial charge is 0.309 e. The van der Waals surface area contributed by atoms with Crippen LogP contribution in [0.25, 0.3) is 0 Å². The summed E-state index contributed by atoms with van der Waals surface area (Å²) in [6, 6.07) is 8.59. The lowest BCUT2D eigenvalue weighted by Crippen LogP contribution is -2.20. The molecule has 0 aliphatic heterocycles. The number of hydrogen-bond acceptors (Lipinski definition) is 3. The van der Waals surface area contributed by atoms with E-state index in [-0.39, 0.29) is 11.9 Å². The molecule has 0 amide bonds. The predicted octanol–water partition coefficient (Wildman–Crippen LogP) is 2.80.